The molecule has 1 fully saturated rings. The summed E-state index contributed by atoms with van der Waals surface area (Å²) in [5.74, 6) is 0.501. The zero-order valence-corrected chi connectivity index (χ0v) is 11.7. The first-order valence-electron chi connectivity index (χ1n) is 6.94. The summed E-state index contributed by atoms with van der Waals surface area (Å²) in [6, 6.07) is 10.6. The van der Waals surface area contributed by atoms with Crippen molar-refractivity contribution in [1.29, 1.82) is 0 Å². The number of carbonyl (C=O) groups excluding carboxylic acids is 1. The van der Waals surface area contributed by atoms with Gasteiger partial charge in [-0.1, -0.05) is 37.3 Å². The van der Waals surface area contributed by atoms with Crippen molar-refractivity contribution in [1.82, 2.24) is 15.5 Å². The summed E-state index contributed by atoms with van der Waals surface area (Å²) in [4.78, 5) is 14.0. The molecule has 0 spiro atoms. The van der Waals surface area contributed by atoms with Gasteiger partial charge < -0.3 is 15.5 Å². The molecule has 1 heterocycles. The van der Waals surface area contributed by atoms with Crippen LogP contribution in [0.2, 0.25) is 0 Å². The predicted octanol–water partition coefficient (Wildman–Crippen LogP) is 1.83. The van der Waals surface area contributed by atoms with Crippen LogP contribution in [-0.2, 0) is 6.54 Å². The minimum atomic E-state index is 0.0465. The fraction of sp³-hybridized carbons (Fsp3) is 0.533. The SMILES string of the molecule is CNC1CCN(C(=O)NCc2ccccc2)CC1C. The monoisotopic (exact) mass is 261 g/mol. The van der Waals surface area contributed by atoms with Crippen LogP contribution in [-0.4, -0.2) is 37.1 Å². The highest BCUT2D eigenvalue weighted by molar-refractivity contribution is 5.74. The van der Waals surface area contributed by atoms with Gasteiger partial charge in [0, 0.05) is 25.7 Å². The summed E-state index contributed by atoms with van der Waals surface area (Å²) >= 11 is 0. The van der Waals surface area contributed by atoms with E-state index in [2.05, 4.69) is 17.6 Å². The van der Waals surface area contributed by atoms with Crippen molar-refractivity contribution in [2.75, 3.05) is 20.1 Å². The molecule has 4 nitrogen and oxygen atoms in total. The molecule has 2 unspecified atom stereocenters. The van der Waals surface area contributed by atoms with E-state index in [4.69, 9.17) is 0 Å². The first-order chi connectivity index (χ1) is 9.20. The Hall–Kier alpha value is -1.55. The molecule has 104 valence electrons. The number of likely N-dealkylation sites (tertiary alicyclic amines) is 1. The molecule has 19 heavy (non-hydrogen) atoms. The average molecular weight is 261 g/mol. The third-order valence-electron chi connectivity index (χ3n) is 3.85. The van der Waals surface area contributed by atoms with Gasteiger partial charge in [-0.15, -0.1) is 0 Å². The Morgan fingerprint density at radius 3 is 2.74 bits per heavy atom. The van der Waals surface area contributed by atoms with Gasteiger partial charge in [-0.3, -0.25) is 0 Å². The van der Waals surface area contributed by atoms with Crippen LogP contribution in [0.5, 0.6) is 0 Å². The lowest BCUT2D eigenvalue weighted by atomic mass is 9.94. The number of benzene rings is 1. The molecule has 2 N–H and O–H groups in total. The Bertz CT molecular complexity index is 407. The van der Waals surface area contributed by atoms with Gasteiger partial charge in [0.05, 0.1) is 0 Å². The van der Waals surface area contributed by atoms with Crippen LogP contribution in [0.15, 0.2) is 30.3 Å². The minimum absolute atomic E-state index is 0.0465. The van der Waals surface area contributed by atoms with Crippen LogP contribution >= 0.6 is 0 Å². The highest BCUT2D eigenvalue weighted by Crippen LogP contribution is 2.16. The lowest BCUT2D eigenvalue weighted by Gasteiger charge is -2.36. The summed E-state index contributed by atoms with van der Waals surface area (Å²) in [6.07, 6.45) is 1.02. The lowest BCUT2D eigenvalue weighted by Crippen LogP contribution is -2.51. The number of carbonyl (C=O) groups is 1. The van der Waals surface area contributed by atoms with Crippen LogP contribution in [0.3, 0.4) is 0 Å². The Labute approximate surface area is 115 Å². The van der Waals surface area contributed by atoms with Gasteiger partial charge in [-0.25, -0.2) is 4.79 Å². The molecule has 1 aromatic carbocycles. The number of nitrogens with one attached hydrogen (secondary N) is 2. The van der Waals surface area contributed by atoms with Gasteiger partial charge in [-0.2, -0.15) is 0 Å². The number of rotatable bonds is 3. The molecule has 1 saturated heterocycles. The zero-order chi connectivity index (χ0) is 13.7. The van der Waals surface area contributed by atoms with Crippen molar-refractivity contribution in [3.63, 3.8) is 0 Å². The van der Waals surface area contributed by atoms with E-state index in [9.17, 15) is 4.79 Å². The summed E-state index contributed by atoms with van der Waals surface area (Å²) in [5, 5.41) is 6.30. The smallest absolute Gasteiger partial charge is 0.317 e. The Morgan fingerprint density at radius 1 is 1.37 bits per heavy atom. The average Bonchev–Trinajstić information content (AvgIpc) is 2.45. The summed E-state index contributed by atoms with van der Waals surface area (Å²) in [7, 11) is 1.99. The fourth-order valence-electron chi connectivity index (χ4n) is 2.64. The quantitative estimate of drug-likeness (QED) is 0.872. The van der Waals surface area contributed by atoms with Gasteiger partial charge >= 0.3 is 6.03 Å². The van der Waals surface area contributed by atoms with Crippen molar-refractivity contribution in [2.45, 2.75) is 25.9 Å². The van der Waals surface area contributed by atoms with Crippen molar-refractivity contribution >= 4 is 6.03 Å². The second kappa shape index (κ2) is 6.57. The molecule has 4 heteroatoms. The van der Waals surface area contributed by atoms with E-state index in [1.54, 1.807) is 0 Å². The van der Waals surface area contributed by atoms with Crippen LogP contribution < -0.4 is 10.6 Å². The van der Waals surface area contributed by atoms with Crippen LogP contribution in [0.25, 0.3) is 0 Å². The second-order valence-electron chi connectivity index (χ2n) is 5.25. The van der Waals surface area contributed by atoms with Crippen molar-refractivity contribution in [2.24, 2.45) is 5.92 Å². The molecule has 1 aliphatic rings. The number of nitrogens with zero attached hydrogens (tertiary/aromatic N) is 1. The first kappa shape index (κ1) is 13.9. The predicted molar refractivity (Wildman–Crippen MR) is 76.9 cm³/mol. The highest BCUT2D eigenvalue weighted by atomic mass is 16.2. The standard InChI is InChI=1S/C15H23N3O/c1-12-11-18(9-8-14(12)16-2)15(19)17-10-13-6-4-3-5-7-13/h3-7,12,14,16H,8-11H2,1-2H3,(H,17,19). The second-order valence-corrected chi connectivity index (χ2v) is 5.25. The molecule has 0 aromatic heterocycles. The number of hydrogen-bond acceptors (Lipinski definition) is 2. The Kier molecular flexibility index (Phi) is 4.80. The molecule has 0 radical (unpaired) electrons. The van der Waals surface area contributed by atoms with Gasteiger partial charge in [0.15, 0.2) is 0 Å². The number of piperidine rings is 1. The third kappa shape index (κ3) is 3.70. The van der Waals surface area contributed by atoms with Crippen LogP contribution in [0, 0.1) is 5.92 Å². The van der Waals surface area contributed by atoms with E-state index in [-0.39, 0.29) is 6.03 Å². The summed E-state index contributed by atoms with van der Waals surface area (Å²) < 4.78 is 0. The molecule has 2 atom stereocenters. The molecular weight excluding hydrogens is 238 g/mol. The van der Waals surface area contributed by atoms with E-state index in [1.165, 1.54) is 0 Å². The number of urea groups is 1. The largest absolute Gasteiger partial charge is 0.334 e. The number of amides is 2. The van der Waals surface area contributed by atoms with Gasteiger partial charge in [0.1, 0.15) is 0 Å². The molecule has 0 saturated carbocycles. The van der Waals surface area contributed by atoms with E-state index in [1.807, 2.05) is 42.3 Å². The maximum Gasteiger partial charge on any atom is 0.317 e. The zero-order valence-electron chi connectivity index (χ0n) is 11.7. The summed E-state index contributed by atoms with van der Waals surface area (Å²) in [5.41, 5.74) is 1.13. The first-order valence-corrected chi connectivity index (χ1v) is 6.94. The molecular formula is C15H23N3O. The van der Waals surface area contributed by atoms with E-state index >= 15 is 0 Å². The van der Waals surface area contributed by atoms with Gasteiger partial charge in [0.2, 0.25) is 0 Å². The lowest BCUT2D eigenvalue weighted by molar-refractivity contribution is 0.152. The molecule has 2 amide bonds. The Morgan fingerprint density at radius 2 is 2.11 bits per heavy atom. The maximum absolute atomic E-state index is 12.1. The number of hydrogen-bond donors (Lipinski definition) is 2. The molecule has 0 aliphatic carbocycles. The van der Waals surface area contributed by atoms with Crippen molar-refractivity contribution in [3.05, 3.63) is 35.9 Å². The van der Waals surface area contributed by atoms with Crippen LogP contribution in [0.1, 0.15) is 18.9 Å². The van der Waals surface area contributed by atoms with Gasteiger partial charge in [0.25, 0.3) is 0 Å². The van der Waals surface area contributed by atoms with Crippen molar-refractivity contribution < 1.29 is 4.79 Å². The molecule has 1 aromatic rings. The third-order valence-corrected chi connectivity index (χ3v) is 3.85. The molecule has 1 aliphatic heterocycles. The fourth-order valence-corrected chi connectivity index (χ4v) is 2.64. The van der Waals surface area contributed by atoms with Crippen LogP contribution in [0.4, 0.5) is 4.79 Å². The normalized spacial score (nSPS) is 23.2. The molecule has 0 bridgehead atoms. The van der Waals surface area contributed by atoms with Gasteiger partial charge in [-0.05, 0) is 24.9 Å². The van der Waals surface area contributed by atoms with E-state index in [0.29, 0.717) is 18.5 Å². The van der Waals surface area contributed by atoms with Crippen molar-refractivity contribution in [3.8, 4) is 0 Å². The molecule has 2 rings (SSSR count). The van der Waals surface area contributed by atoms with E-state index in [0.717, 1.165) is 25.1 Å². The summed E-state index contributed by atoms with van der Waals surface area (Å²) in [6.45, 7) is 4.44. The topological polar surface area (TPSA) is 44.4 Å². The minimum Gasteiger partial charge on any atom is -0.334 e. The highest BCUT2D eigenvalue weighted by Gasteiger charge is 2.27. The maximum atomic E-state index is 12.1. The van der Waals surface area contributed by atoms with E-state index < -0.39 is 0 Å². The Balaban J connectivity index is 1.81.